The number of carboxylic acids is 4. The van der Waals surface area contributed by atoms with Gasteiger partial charge in [-0.1, -0.05) is 0 Å². The van der Waals surface area contributed by atoms with Gasteiger partial charge in [0.05, 0.1) is 26.2 Å². The number of nitrogens with two attached hydrogens (primary N) is 4. The van der Waals surface area contributed by atoms with Crippen molar-refractivity contribution in [3.8, 4) is 0 Å². The summed E-state index contributed by atoms with van der Waals surface area (Å²) in [5, 5.41) is 30.4. The standard InChI is InChI=1S/4C2H5NO2.2Cu/c4*3-1-2(4)5;;/h4*1,3H2,(H,4,5);;. The predicted octanol–water partition coefficient (Wildman–Crippen LogP) is -3.89. The van der Waals surface area contributed by atoms with Crippen LogP contribution >= 0.6 is 0 Å². The van der Waals surface area contributed by atoms with Crippen molar-refractivity contribution in [1.29, 1.82) is 0 Å². The molecule has 0 unspecified atom stereocenters. The van der Waals surface area contributed by atoms with Gasteiger partial charge in [-0.3, -0.25) is 19.2 Å². The van der Waals surface area contributed by atoms with Gasteiger partial charge in [-0.25, -0.2) is 0 Å². The van der Waals surface area contributed by atoms with Gasteiger partial charge in [0.1, 0.15) is 0 Å². The second-order valence-electron chi connectivity index (χ2n) is 2.39. The molecule has 0 fully saturated rings. The number of hydrogen-bond donors (Lipinski definition) is 8. The molecule has 0 aromatic rings. The van der Waals surface area contributed by atoms with E-state index in [1.807, 2.05) is 0 Å². The smallest absolute Gasteiger partial charge is 0.317 e. The summed E-state index contributed by atoms with van der Waals surface area (Å²) in [6, 6.07) is 0. The fourth-order valence-electron chi connectivity index (χ4n) is 0. The maximum Gasteiger partial charge on any atom is 0.317 e. The largest absolute Gasteiger partial charge is 0.480 e. The molecular weight excluding hydrogens is 407 g/mol. The molecule has 0 aliphatic rings. The van der Waals surface area contributed by atoms with Crippen molar-refractivity contribution in [3.63, 3.8) is 0 Å². The van der Waals surface area contributed by atoms with Crippen molar-refractivity contribution in [2.24, 2.45) is 22.9 Å². The maximum atomic E-state index is 9.24. The van der Waals surface area contributed by atoms with Crippen LogP contribution in [0.3, 0.4) is 0 Å². The first-order chi connectivity index (χ1) is 9.08. The van der Waals surface area contributed by atoms with Gasteiger partial charge in [-0.2, -0.15) is 0 Å². The van der Waals surface area contributed by atoms with E-state index in [4.69, 9.17) is 20.4 Å². The van der Waals surface area contributed by atoms with E-state index in [1.54, 1.807) is 0 Å². The topological polar surface area (TPSA) is 253 Å². The van der Waals surface area contributed by atoms with Crippen molar-refractivity contribution >= 4 is 23.9 Å². The fraction of sp³-hybridized carbons (Fsp3) is 0.500. The van der Waals surface area contributed by atoms with E-state index in [0.29, 0.717) is 0 Å². The minimum absolute atomic E-state index is 0. The Morgan fingerprint density at radius 1 is 0.500 bits per heavy atom. The van der Waals surface area contributed by atoms with Gasteiger partial charge in [0.2, 0.25) is 0 Å². The van der Waals surface area contributed by atoms with Gasteiger partial charge in [-0.15, -0.1) is 0 Å². The van der Waals surface area contributed by atoms with Crippen LogP contribution in [0.1, 0.15) is 0 Å². The van der Waals surface area contributed by atoms with Crippen molar-refractivity contribution in [2.45, 2.75) is 0 Å². The van der Waals surface area contributed by atoms with Crippen LogP contribution in [0.15, 0.2) is 0 Å². The molecule has 0 aliphatic heterocycles. The van der Waals surface area contributed by atoms with Crippen molar-refractivity contribution in [1.82, 2.24) is 0 Å². The van der Waals surface area contributed by atoms with E-state index in [2.05, 4.69) is 22.9 Å². The molecule has 0 rings (SSSR count). The monoisotopic (exact) mass is 426 g/mol. The van der Waals surface area contributed by atoms with E-state index in [1.165, 1.54) is 0 Å². The first kappa shape index (κ1) is 37.2. The number of rotatable bonds is 4. The minimum Gasteiger partial charge on any atom is -0.480 e. The number of hydrogen-bond acceptors (Lipinski definition) is 8. The minimum atomic E-state index is -0.968. The molecule has 14 heteroatoms. The maximum absolute atomic E-state index is 9.24. The predicted molar refractivity (Wildman–Crippen MR) is 66.8 cm³/mol. The molecule has 22 heavy (non-hydrogen) atoms. The fourth-order valence-corrected chi connectivity index (χ4v) is 0. The van der Waals surface area contributed by atoms with E-state index in [9.17, 15) is 19.2 Å². The molecule has 0 spiro atoms. The normalized spacial score (nSPS) is 6.73. The van der Waals surface area contributed by atoms with Gasteiger partial charge in [0.15, 0.2) is 0 Å². The van der Waals surface area contributed by atoms with Crippen LogP contribution in [0.2, 0.25) is 0 Å². The van der Waals surface area contributed by atoms with E-state index in [-0.39, 0.29) is 60.3 Å². The van der Waals surface area contributed by atoms with Crippen LogP contribution < -0.4 is 22.9 Å². The van der Waals surface area contributed by atoms with E-state index >= 15 is 0 Å². The SMILES string of the molecule is NCC(=O)O.NCC(=O)O.NCC(=O)O.NCC(=O)O.[Cu].[Cu]. The average molecular weight is 427 g/mol. The summed E-state index contributed by atoms with van der Waals surface area (Å²) in [7, 11) is 0. The van der Waals surface area contributed by atoms with Crippen LogP contribution in [0.25, 0.3) is 0 Å². The molecule has 12 N–H and O–H groups in total. The zero-order valence-electron chi connectivity index (χ0n) is 11.2. The molecule has 0 aliphatic carbocycles. The molecule has 2 radical (unpaired) electrons. The first-order valence-electron chi connectivity index (χ1n) is 4.76. The summed E-state index contributed by atoms with van der Waals surface area (Å²) in [6.45, 7) is -1.11. The number of aliphatic carboxylic acids is 4. The van der Waals surface area contributed by atoms with E-state index in [0.717, 1.165) is 0 Å². The Balaban J connectivity index is -0.0000000376. The van der Waals surface area contributed by atoms with Crippen molar-refractivity contribution < 1.29 is 73.7 Å². The van der Waals surface area contributed by atoms with Gasteiger partial charge in [0, 0.05) is 34.1 Å². The third-order valence-electron chi connectivity index (χ3n) is 0.698. The Morgan fingerprint density at radius 2 is 0.545 bits per heavy atom. The molecule has 0 bridgehead atoms. The molecule has 0 amide bonds. The zero-order valence-corrected chi connectivity index (χ0v) is 13.0. The molecule has 142 valence electrons. The third-order valence-corrected chi connectivity index (χ3v) is 0.698. The van der Waals surface area contributed by atoms with Crippen LogP contribution in [0.4, 0.5) is 0 Å². The van der Waals surface area contributed by atoms with Crippen LogP contribution in [0.5, 0.6) is 0 Å². The molecule has 0 aromatic heterocycles. The number of carbonyl (C=O) groups is 4. The molecule has 0 heterocycles. The molecule has 0 saturated heterocycles. The van der Waals surface area contributed by atoms with Crippen LogP contribution in [0, 0.1) is 0 Å². The summed E-state index contributed by atoms with van der Waals surface area (Å²) in [6.07, 6.45) is 0. The van der Waals surface area contributed by atoms with Gasteiger partial charge in [0.25, 0.3) is 0 Å². The summed E-state index contributed by atoms with van der Waals surface area (Å²) in [4.78, 5) is 37.0. The zero-order chi connectivity index (χ0) is 17.1. The van der Waals surface area contributed by atoms with Gasteiger partial charge >= 0.3 is 23.9 Å². The second-order valence-corrected chi connectivity index (χ2v) is 2.39. The third kappa shape index (κ3) is 130. The molecule has 0 aromatic carbocycles. The Kier molecular flexibility index (Phi) is 54.0. The molecule has 12 nitrogen and oxygen atoms in total. The van der Waals surface area contributed by atoms with Gasteiger partial charge < -0.3 is 43.4 Å². The summed E-state index contributed by atoms with van der Waals surface area (Å²) in [5.41, 5.74) is 18.3. The second kappa shape index (κ2) is 31.9. The quantitative estimate of drug-likeness (QED) is 0.200. The Hall–Kier alpha value is -1.24. The van der Waals surface area contributed by atoms with Crippen LogP contribution in [-0.2, 0) is 53.3 Å². The molecule has 0 saturated carbocycles. The summed E-state index contributed by atoms with van der Waals surface area (Å²) in [5.74, 6) is -3.87. The Bertz CT molecular complexity index is 237. The Morgan fingerprint density at radius 3 is 0.545 bits per heavy atom. The van der Waals surface area contributed by atoms with Crippen LogP contribution in [-0.4, -0.2) is 70.5 Å². The van der Waals surface area contributed by atoms with Crippen molar-refractivity contribution in [3.05, 3.63) is 0 Å². The summed E-state index contributed by atoms with van der Waals surface area (Å²) >= 11 is 0. The van der Waals surface area contributed by atoms with Gasteiger partial charge in [-0.05, 0) is 0 Å². The Labute approximate surface area is 147 Å². The summed E-state index contributed by atoms with van der Waals surface area (Å²) < 4.78 is 0. The molecule has 0 atom stereocenters. The molecular formula is C8H20Cu2N4O8. The number of carboxylic acid groups (broad SMARTS) is 4. The van der Waals surface area contributed by atoms with Crippen molar-refractivity contribution in [2.75, 3.05) is 26.2 Å². The first-order valence-corrected chi connectivity index (χ1v) is 4.76. The van der Waals surface area contributed by atoms with E-state index < -0.39 is 23.9 Å². The average Bonchev–Trinajstić information content (AvgIpc) is 2.40.